The molecule has 0 amide bonds. The summed E-state index contributed by atoms with van der Waals surface area (Å²) in [6, 6.07) is 7.40. The third kappa shape index (κ3) is 3.05. The number of ether oxygens (including phenoxy) is 1. The molecule has 0 saturated carbocycles. The summed E-state index contributed by atoms with van der Waals surface area (Å²) in [7, 11) is 1.38. The van der Waals surface area contributed by atoms with Gasteiger partial charge in [-0.15, -0.1) is 0 Å². The number of benzene rings is 1. The number of β-amino-alcohol motifs (C(OH)–C–C–N with tert-alkyl or cyclic N) is 1. The predicted octanol–water partition coefficient (Wildman–Crippen LogP) is 1.04. The molecule has 0 unspecified atom stereocenters. The van der Waals surface area contributed by atoms with E-state index in [1.807, 2.05) is 12.1 Å². The molecular formula is C13H17NO3. The maximum atomic E-state index is 11.2. The molecule has 1 N–H and O–H groups in total. The lowest BCUT2D eigenvalue weighted by Crippen LogP contribution is -2.21. The average molecular weight is 235 g/mol. The lowest BCUT2D eigenvalue weighted by molar-refractivity contribution is 0.0600. The number of carbonyl (C=O) groups is 1. The van der Waals surface area contributed by atoms with Crippen molar-refractivity contribution in [1.82, 2.24) is 4.90 Å². The van der Waals surface area contributed by atoms with Crippen LogP contribution >= 0.6 is 0 Å². The maximum Gasteiger partial charge on any atom is 0.337 e. The standard InChI is InChI=1S/C13H17NO3/c1-17-13(16)11-4-2-10(3-5-11)8-14-7-6-12(15)9-14/h2-5,12,15H,6-9H2,1H3/t12-/m1/s1. The highest BCUT2D eigenvalue weighted by Crippen LogP contribution is 2.14. The van der Waals surface area contributed by atoms with Crippen LogP contribution in [-0.2, 0) is 11.3 Å². The van der Waals surface area contributed by atoms with Gasteiger partial charge in [0.2, 0.25) is 0 Å². The van der Waals surface area contributed by atoms with Crippen molar-refractivity contribution in [2.45, 2.75) is 19.1 Å². The number of carbonyl (C=O) groups excluding carboxylic acids is 1. The number of hydrogen-bond donors (Lipinski definition) is 1. The predicted molar refractivity (Wildman–Crippen MR) is 63.7 cm³/mol. The van der Waals surface area contributed by atoms with Gasteiger partial charge in [-0.25, -0.2) is 4.79 Å². The Morgan fingerprint density at radius 3 is 2.71 bits per heavy atom. The molecule has 1 aliphatic heterocycles. The van der Waals surface area contributed by atoms with Gasteiger partial charge in [0, 0.05) is 19.6 Å². The Balaban J connectivity index is 1.96. The second-order valence-electron chi connectivity index (χ2n) is 4.37. The van der Waals surface area contributed by atoms with E-state index in [2.05, 4.69) is 9.64 Å². The van der Waals surface area contributed by atoms with Gasteiger partial charge < -0.3 is 9.84 Å². The molecule has 92 valence electrons. The monoisotopic (exact) mass is 235 g/mol. The second kappa shape index (κ2) is 5.29. The first-order valence-corrected chi connectivity index (χ1v) is 5.76. The smallest absolute Gasteiger partial charge is 0.337 e. The summed E-state index contributed by atoms with van der Waals surface area (Å²) in [6.45, 7) is 2.48. The lowest BCUT2D eigenvalue weighted by Gasteiger charge is -2.14. The summed E-state index contributed by atoms with van der Waals surface area (Å²) in [5.41, 5.74) is 1.71. The Morgan fingerprint density at radius 2 is 2.18 bits per heavy atom. The fourth-order valence-corrected chi connectivity index (χ4v) is 2.08. The molecule has 0 spiro atoms. The van der Waals surface area contributed by atoms with Crippen molar-refractivity contribution in [2.75, 3.05) is 20.2 Å². The molecule has 1 saturated heterocycles. The number of rotatable bonds is 3. The summed E-state index contributed by atoms with van der Waals surface area (Å²) in [4.78, 5) is 13.5. The Bertz CT molecular complexity index is 388. The number of likely N-dealkylation sites (tertiary alicyclic amines) is 1. The molecule has 1 heterocycles. The van der Waals surface area contributed by atoms with Crippen molar-refractivity contribution in [3.05, 3.63) is 35.4 Å². The summed E-state index contributed by atoms with van der Waals surface area (Å²) in [6.07, 6.45) is 0.657. The average Bonchev–Trinajstić information content (AvgIpc) is 2.75. The Kier molecular flexibility index (Phi) is 3.76. The minimum absolute atomic E-state index is 0.190. The van der Waals surface area contributed by atoms with Gasteiger partial charge in [-0.05, 0) is 24.1 Å². The summed E-state index contributed by atoms with van der Waals surface area (Å²) in [5.74, 6) is -0.312. The van der Waals surface area contributed by atoms with E-state index in [0.717, 1.165) is 31.6 Å². The normalized spacial score (nSPS) is 20.5. The molecule has 0 aliphatic carbocycles. The summed E-state index contributed by atoms with van der Waals surface area (Å²) in [5, 5.41) is 9.42. The molecule has 1 fully saturated rings. The summed E-state index contributed by atoms with van der Waals surface area (Å²) < 4.78 is 4.64. The molecule has 0 radical (unpaired) electrons. The molecule has 4 nitrogen and oxygen atoms in total. The quantitative estimate of drug-likeness (QED) is 0.795. The minimum Gasteiger partial charge on any atom is -0.465 e. The van der Waals surface area contributed by atoms with Crippen LogP contribution in [0.4, 0.5) is 0 Å². The maximum absolute atomic E-state index is 11.2. The van der Waals surface area contributed by atoms with E-state index in [4.69, 9.17) is 0 Å². The van der Waals surface area contributed by atoms with E-state index in [1.165, 1.54) is 7.11 Å². The fraction of sp³-hybridized carbons (Fsp3) is 0.462. The zero-order chi connectivity index (χ0) is 12.3. The third-order valence-corrected chi connectivity index (χ3v) is 3.03. The van der Waals surface area contributed by atoms with E-state index in [0.29, 0.717) is 5.56 Å². The molecule has 17 heavy (non-hydrogen) atoms. The molecule has 2 rings (SSSR count). The first kappa shape index (κ1) is 12.1. The lowest BCUT2D eigenvalue weighted by atomic mass is 10.1. The van der Waals surface area contributed by atoms with Crippen LogP contribution in [0, 0.1) is 0 Å². The number of esters is 1. The van der Waals surface area contributed by atoms with Crippen LogP contribution in [0.5, 0.6) is 0 Å². The number of aliphatic hydroxyl groups is 1. The third-order valence-electron chi connectivity index (χ3n) is 3.03. The van der Waals surface area contributed by atoms with E-state index in [-0.39, 0.29) is 12.1 Å². The van der Waals surface area contributed by atoms with Crippen LogP contribution < -0.4 is 0 Å². The highest BCUT2D eigenvalue weighted by atomic mass is 16.5. The van der Waals surface area contributed by atoms with Crippen LogP contribution in [-0.4, -0.2) is 42.3 Å². The first-order valence-electron chi connectivity index (χ1n) is 5.76. The zero-order valence-electron chi connectivity index (χ0n) is 9.93. The Labute approximate surface area is 101 Å². The van der Waals surface area contributed by atoms with Crippen LogP contribution in [0.15, 0.2) is 24.3 Å². The fourth-order valence-electron chi connectivity index (χ4n) is 2.08. The van der Waals surface area contributed by atoms with Gasteiger partial charge in [0.25, 0.3) is 0 Å². The van der Waals surface area contributed by atoms with Crippen molar-refractivity contribution in [2.24, 2.45) is 0 Å². The number of methoxy groups -OCH3 is 1. The van der Waals surface area contributed by atoms with Crippen LogP contribution in [0.2, 0.25) is 0 Å². The van der Waals surface area contributed by atoms with E-state index in [1.54, 1.807) is 12.1 Å². The first-order chi connectivity index (χ1) is 8.19. The van der Waals surface area contributed by atoms with Crippen molar-refractivity contribution in [1.29, 1.82) is 0 Å². The zero-order valence-corrected chi connectivity index (χ0v) is 9.93. The topological polar surface area (TPSA) is 49.8 Å². The molecule has 0 bridgehead atoms. The van der Waals surface area contributed by atoms with E-state index < -0.39 is 0 Å². The van der Waals surface area contributed by atoms with Crippen LogP contribution in [0.25, 0.3) is 0 Å². The van der Waals surface area contributed by atoms with Crippen molar-refractivity contribution in [3.63, 3.8) is 0 Å². The van der Waals surface area contributed by atoms with E-state index >= 15 is 0 Å². The van der Waals surface area contributed by atoms with Gasteiger partial charge in [0.15, 0.2) is 0 Å². The Morgan fingerprint density at radius 1 is 1.47 bits per heavy atom. The highest BCUT2D eigenvalue weighted by molar-refractivity contribution is 5.89. The second-order valence-corrected chi connectivity index (χ2v) is 4.37. The van der Waals surface area contributed by atoms with Gasteiger partial charge in [-0.2, -0.15) is 0 Å². The molecule has 0 aromatic heterocycles. The van der Waals surface area contributed by atoms with Crippen LogP contribution in [0.1, 0.15) is 22.3 Å². The van der Waals surface area contributed by atoms with Crippen molar-refractivity contribution >= 4 is 5.97 Å². The largest absolute Gasteiger partial charge is 0.465 e. The van der Waals surface area contributed by atoms with Crippen molar-refractivity contribution < 1.29 is 14.6 Å². The molecule has 1 atom stereocenters. The number of nitrogens with zero attached hydrogens (tertiary/aromatic N) is 1. The highest BCUT2D eigenvalue weighted by Gasteiger charge is 2.19. The number of hydrogen-bond acceptors (Lipinski definition) is 4. The Hall–Kier alpha value is -1.39. The molecule has 4 heteroatoms. The SMILES string of the molecule is COC(=O)c1ccc(CN2CC[C@@H](O)C2)cc1. The van der Waals surface area contributed by atoms with Gasteiger partial charge in [0.1, 0.15) is 0 Å². The van der Waals surface area contributed by atoms with Crippen LogP contribution in [0.3, 0.4) is 0 Å². The molecular weight excluding hydrogens is 218 g/mol. The van der Waals surface area contributed by atoms with Gasteiger partial charge in [-0.1, -0.05) is 12.1 Å². The van der Waals surface area contributed by atoms with Gasteiger partial charge in [-0.3, -0.25) is 4.90 Å². The minimum atomic E-state index is -0.312. The van der Waals surface area contributed by atoms with Crippen molar-refractivity contribution in [3.8, 4) is 0 Å². The van der Waals surface area contributed by atoms with Gasteiger partial charge >= 0.3 is 5.97 Å². The van der Waals surface area contributed by atoms with Gasteiger partial charge in [0.05, 0.1) is 18.8 Å². The van der Waals surface area contributed by atoms with E-state index in [9.17, 15) is 9.90 Å². The summed E-state index contributed by atoms with van der Waals surface area (Å²) >= 11 is 0. The molecule has 1 aromatic rings. The molecule has 1 aromatic carbocycles. The number of aliphatic hydroxyl groups excluding tert-OH is 1. The molecule has 1 aliphatic rings.